The predicted molar refractivity (Wildman–Crippen MR) is 99.4 cm³/mol. The number of aromatic nitrogens is 1. The number of rotatable bonds is 5. The number of carbonyl (C=O) groups is 1. The van der Waals surface area contributed by atoms with E-state index in [2.05, 4.69) is 27.3 Å². The highest BCUT2D eigenvalue weighted by atomic mass is 16.6. The van der Waals surface area contributed by atoms with Crippen molar-refractivity contribution < 1.29 is 9.72 Å². The Morgan fingerprint density at radius 2 is 1.92 bits per heavy atom. The maximum Gasteiger partial charge on any atom is 0.290 e. The largest absolute Gasteiger partial charge is 0.368 e. The molecule has 0 bridgehead atoms. The van der Waals surface area contributed by atoms with E-state index >= 15 is 0 Å². The molecule has 1 saturated heterocycles. The average molecular weight is 355 g/mol. The summed E-state index contributed by atoms with van der Waals surface area (Å²) in [7, 11) is 0. The van der Waals surface area contributed by atoms with Gasteiger partial charge in [-0.1, -0.05) is 18.2 Å². The smallest absolute Gasteiger partial charge is 0.290 e. The molecule has 1 aromatic carbocycles. The summed E-state index contributed by atoms with van der Waals surface area (Å²) in [6.45, 7) is 4.70. The molecule has 1 N–H and O–H groups in total. The minimum atomic E-state index is -0.469. The molecule has 136 valence electrons. The Hall–Kier alpha value is -3.16. The monoisotopic (exact) mass is 355 g/mol. The lowest BCUT2D eigenvalue weighted by molar-refractivity contribution is -0.385. The summed E-state index contributed by atoms with van der Waals surface area (Å²) in [4.78, 5) is 30.8. The molecular weight excluding hydrogens is 334 g/mol. The Labute approximate surface area is 151 Å². The van der Waals surface area contributed by atoms with Crippen LogP contribution in [-0.2, 0) is 4.79 Å². The van der Waals surface area contributed by atoms with Gasteiger partial charge in [0, 0.05) is 37.4 Å². The van der Waals surface area contributed by atoms with E-state index in [0.29, 0.717) is 24.5 Å². The zero-order valence-electron chi connectivity index (χ0n) is 14.6. The van der Waals surface area contributed by atoms with Crippen LogP contribution in [0.4, 0.5) is 17.2 Å². The lowest BCUT2D eigenvalue weighted by Gasteiger charge is -2.36. The van der Waals surface area contributed by atoms with Gasteiger partial charge in [0.15, 0.2) is 0 Å². The third-order valence-electron chi connectivity index (χ3n) is 4.45. The van der Waals surface area contributed by atoms with E-state index in [4.69, 9.17) is 0 Å². The number of amides is 1. The summed E-state index contributed by atoms with van der Waals surface area (Å²) in [5, 5.41) is 13.8. The van der Waals surface area contributed by atoms with Gasteiger partial charge in [-0.25, -0.2) is 4.98 Å². The molecule has 8 nitrogen and oxygen atoms in total. The highest BCUT2D eigenvalue weighted by molar-refractivity contribution is 5.81. The third kappa shape index (κ3) is 4.08. The van der Waals surface area contributed by atoms with Crippen molar-refractivity contribution in [2.75, 3.05) is 42.9 Å². The van der Waals surface area contributed by atoms with Gasteiger partial charge < -0.3 is 15.1 Å². The molecule has 0 spiro atoms. The number of nitro groups is 1. The number of hydrogen-bond donors (Lipinski definition) is 1. The molecule has 26 heavy (non-hydrogen) atoms. The quantitative estimate of drug-likeness (QED) is 0.652. The molecule has 1 aliphatic rings. The molecule has 0 saturated carbocycles. The molecule has 0 unspecified atom stereocenters. The minimum absolute atomic E-state index is 0.00415. The molecule has 0 aliphatic carbocycles. The first-order valence-electron chi connectivity index (χ1n) is 8.47. The second kappa shape index (κ2) is 7.81. The number of carbonyl (C=O) groups excluding carboxylic acids is 1. The third-order valence-corrected chi connectivity index (χ3v) is 4.45. The van der Waals surface area contributed by atoms with E-state index in [1.165, 1.54) is 11.9 Å². The zero-order chi connectivity index (χ0) is 18.5. The van der Waals surface area contributed by atoms with Crippen LogP contribution in [0.2, 0.25) is 0 Å². The highest BCUT2D eigenvalue weighted by Gasteiger charge is 2.21. The van der Waals surface area contributed by atoms with Crippen molar-refractivity contribution in [3.8, 4) is 0 Å². The predicted octanol–water partition coefficient (Wildman–Crippen LogP) is 2.06. The number of aryl methyl sites for hydroxylation is 1. The lowest BCUT2D eigenvalue weighted by atomic mass is 10.2. The molecule has 1 fully saturated rings. The van der Waals surface area contributed by atoms with Crippen LogP contribution in [0, 0.1) is 17.0 Å². The Kier molecular flexibility index (Phi) is 5.31. The molecule has 1 aliphatic heterocycles. The fourth-order valence-corrected chi connectivity index (χ4v) is 2.97. The number of piperazine rings is 1. The normalized spacial score (nSPS) is 14.2. The molecule has 1 amide bonds. The first-order chi connectivity index (χ1) is 12.5. The van der Waals surface area contributed by atoms with Crippen LogP contribution >= 0.6 is 0 Å². The van der Waals surface area contributed by atoms with Crippen LogP contribution in [0.5, 0.6) is 0 Å². The fraction of sp³-hybridized carbons (Fsp3) is 0.333. The maximum atomic E-state index is 12.4. The summed E-state index contributed by atoms with van der Waals surface area (Å²) in [6, 6.07) is 11.7. The van der Waals surface area contributed by atoms with Gasteiger partial charge in [0.1, 0.15) is 12.0 Å². The van der Waals surface area contributed by atoms with E-state index in [-0.39, 0.29) is 18.1 Å². The molecular formula is C18H21N5O3. The topological polar surface area (TPSA) is 91.6 Å². The number of nitrogens with zero attached hydrogens (tertiary/aromatic N) is 4. The van der Waals surface area contributed by atoms with Gasteiger partial charge in [-0.05, 0) is 25.1 Å². The van der Waals surface area contributed by atoms with Crippen LogP contribution in [0.15, 0.2) is 42.6 Å². The summed E-state index contributed by atoms with van der Waals surface area (Å²) in [5.74, 6) is 0.458. The van der Waals surface area contributed by atoms with Crippen LogP contribution in [-0.4, -0.2) is 53.4 Å². The molecule has 2 aromatic rings. The van der Waals surface area contributed by atoms with Gasteiger partial charge in [-0.3, -0.25) is 14.9 Å². The summed E-state index contributed by atoms with van der Waals surface area (Å²) in [6.07, 6.45) is 1.21. The number of pyridine rings is 1. The molecule has 0 radical (unpaired) electrons. The Morgan fingerprint density at radius 1 is 1.23 bits per heavy atom. The van der Waals surface area contributed by atoms with Crippen LogP contribution < -0.4 is 10.2 Å². The van der Waals surface area contributed by atoms with Crippen molar-refractivity contribution in [3.63, 3.8) is 0 Å². The Bertz CT molecular complexity index is 789. The second-order valence-electron chi connectivity index (χ2n) is 6.17. The van der Waals surface area contributed by atoms with Crippen molar-refractivity contribution in [1.82, 2.24) is 9.88 Å². The van der Waals surface area contributed by atoms with Gasteiger partial charge in [0.05, 0.1) is 11.5 Å². The van der Waals surface area contributed by atoms with E-state index in [1.54, 1.807) is 13.0 Å². The lowest BCUT2D eigenvalue weighted by Crippen LogP contribution is -2.50. The van der Waals surface area contributed by atoms with E-state index < -0.39 is 4.92 Å². The van der Waals surface area contributed by atoms with Crippen LogP contribution in [0.3, 0.4) is 0 Å². The minimum Gasteiger partial charge on any atom is -0.368 e. The summed E-state index contributed by atoms with van der Waals surface area (Å²) in [5.41, 5.74) is 1.65. The van der Waals surface area contributed by atoms with Gasteiger partial charge in [-0.2, -0.15) is 0 Å². The van der Waals surface area contributed by atoms with Gasteiger partial charge >= 0.3 is 0 Å². The van der Waals surface area contributed by atoms with Gasteiger partial charge in [0.25, 0.3) is 5.69 Å². The van der Waals surface area contributed by atoms with Crippen molar-refractivity contribution in [2.24, 2.45) is 0 Å². The van der Waals surface area contributed by atoms with Crippen molar-refractivity contribution in [2.45, 2.75) is 6.92 Å². The van der Waals surface area contributed by atoms with E-state index in [1.807, 2.05) is 23.1 Å². The number of nitrogens with one attached hydrogen (secondary N) is 1. The standard InChI is InChI=1S/C18H21N5O3/c1-14-11-17(19-12-16(14)23(25)26)20-13-18(24)22-9-7-21(8-10-22)15-5-3-2-4-6-15/h2-6,11-12H,7-10,13H2,1H3,(H,19,20). The van der Waals surface area contributed by atoms with Crippen molar-refractivity contribution in [3.05, 3.63) is 58.3 Å². The number of anilines is 2. The maximum absolute atomic E-state index is 12.4. The van der Waals surface area contributed by atoms with Crippen molar-refractivity contribution >= 4 is 23.1 Å². The number of para-hydroxylation sites is 1. The molecule has 1 aromatic heterocycles. The van der Waals surface area contributed by atoms with Gasteiger partial charge in [0.2, 0.25) is 5.91 Å². The van der Waals surface area contributed by atoms with E-state index in [0.717, 1.165) is 13.1 Å². The number of benzene rings is 1. The first-order valence-corrected chi connectivity index (χ1v) is 8.47. The average Bonchev–Trinajstić information content (AvgIpc) is 2.66. The molecule has 2 heterocycles. The summed E-state index contributed by atoms with van der Waals surface area (Å²) >= 11 is 0. The molecule has 3 rings (SSSR count). The van der Waals surface area contributed by atoms with Crippen LogP contribution in [0.1, 0.15) is 5.56 Å². The van der Waals surface area contributed by atoms with Gasteiger partial charge in [-0.15, -0.1) is 0 Å². The first kappa shape index (κ1) is 17.7. The van der Waals surface area contributed by atoms with Crippen LogP contribution in [0.25, 0.3) is 0 Å². The Balaban J connectivity index is 1.50. The number of hydrogen-bond acceptors (Lipinski definition) is 6. The SMILES string of the molecule is Cc1cc(NCC(=O)N2CCN(c3ccccc3)CC2)ncc1[N+](=O)[O-]. The Morgan fingerprint density at radius 3 is 2.54 bits per heavy atom. The molecule has 8 heteroatoms. The highest BCUT2D eigenvalue weighted by Crippen LogP contribution is 2.19. The second-order valence-corrected chi connectivity index (χ2v) is 6.17. The van der Waals surface area contributed by atoms with Crippen molar-refractivity contribution in [1.29, 1.82) is 0 Å². The zero-order valence-corrected chi connectivity index (χ0v) is 14.6. The fourth-order valence-electron chi connectivity index (χ4n) is 2.97. The molecule has 0 atom stereocenters. The summed E-state index contributed by atoms with van der Waals surface area (Å²) < 4.78 is 0. The van der Waals surface area contributed by atoms with E-state index in [9.17, 15) is 14.9 Å².